The van der Waals surface area contributed by atoms with E-state index in [1.807, 2.05) is 36.4 Å². The molecule has 3 heteroatoms. The molecule has 2 rings (SSSR count). The van der Waals surface area contributed by atoms with E-state index in [4.69, 9.17) is 11.6 Å². The Hall–Kier alpha value is -1.67. The number of hydrogen-bond acceptors (Lipinski definition) is 2. The summed E-state index contributed by atoms with van der Waals surface area (Å²) in [6.07, 6.45) is 5.23. The molecular weight excluding hydrogens is 208 g/mol. The van der Waals surface area contributed by atoms with Crippen LogP contribution in [0.5, 0.6) is 0 Å². The highest BCUT2D eigenvalue weighted by atomic mass is 35.5. The Morgan fingerprint density at radius 3 is 2.33 bits per heavy atom. The highest BCUT2D eigenvalue weighted by Crippen LogP contribution is 2.11. The largest absolute Gasteiger partial charge is 0.265 e. The molecule has 0 atom stereocenters. The molecule has 1 heterocycles. The van der Waals surface area contributed by atoms with Gasteiger partial charge >= 0.3 is 0 Å². The minimum atomic E-state index is 0.732. The second-order valence-corrected chi connectivity index (χ2v) is 3.45. The van der Waals surface area contributed by atoms with Crippen LogP contribution in [0.25, 0.3) is 0 Å². The van der Waals surface area contributed by atoms with Crippen molar-refractivity contribution in [3.63, 3.8) is 0 Å². The van der Waals surface area contributed by atoms with Gasteiger partial charge in [-0.1, -0.05) is 23.7 Å². The van der Waals surface area contributed by atoms with E-state index in [-0.39, 0.29) is 0 Å². The van der Waals surface area contributed by atoms with E-state index in [1.54, 1.807) is 18.6 Å². The predicted molar refractivity (Wildman–Crippen MR) is 62.9 cm³/mol. The number of nitrogens with zero attached hydrogens (tertiary/aromatic N) is 2. The molecule has 2 nitrogen and oxygen atoms in total. The topological polar surface area (TPSA) is 25.2 Å². The van der Waals surface area contributed by atoms with Crippen molar-refractivity contribution in [1.82, 2.24) is 4.98 Å². The van der Waals surface area contributed by atoms with Crippen LogP contribution in [0.4, 0.5) is 5.69 Å². The number of halogens is 1. The molecule has 74 valence electrons. The van der Waals surface area contributed by atoms with Crippen LogP contribution in [0.15, 0.2) is 53.8 Å². The van der Waals surface area contributed by atoms with Gasteiger partial charge in [-0.2, -0.15) is 0 Å². The van der Waals surface area contributed by atoms with Crippen molar-refractivity contribution in [2.45, 2.75) is 0 Å². The number of hydrogen-bond donors (Lipinski definition) is 0. The molecule has 0 spiro atoms. The summed E-state index contributed by atoms with van der Waals surface area (Å²) in [6.45, 7) is 0. The van der Waals surface area contributed by atoms with Crippen LogP contribution < -0.4 is 0 Å². The molecular formula is C12H9ClN2. The summed E-state index contributed by atoms with van der Waals surface area (Å²) >= 11 is 5.78. The third kappa shape index (κ3) is 2.89. The van der Waals surface area contributed by atoms with E-state index in [0.717, 1.165) is 16.3 Å². The quantitative estimate of drug-likeness (QED) is 0.706. The average molecular weight is 217 g/mol. The van der Waals surface area contributed by atoms with Gasteiger partial charge in [0, 0.05) is 23.6 Å². The lowest BCUT2D eigenvalue weighted by molar-refractivity contribution is 1.32. The van der Waals surface area contributed by atoms with Crippen molar-refractivity contribution in [2.24, 2.45) is 4.99 Å². The second kappa shape index (κ2) is 4.71. The van der Waals surface area contributed by atoms with Gasteiger partial charge in [0.2, 0.25) is 0 Å². The van der Waals surface area contributed by atoms with Gasteiger partial charge in [0.25, 0.3) is 0 Å². The summed E-state index contributed by atoms with van der Waals surface area (Å²) in [5.41, 5.74) is 1.91. The number of aliphatic imine (C=N–C) groups is 1. The predicted octanol–water partition coefficient (Wildman–Crippen LogP) is 3.49. The highest BCUT2D eigenvalue weighted by Gasteiger charge is 1.89. The Kier molecular flexibility index (Phi) is 3.10. The molecule has 2 aromatic rings. The molecule has 0 fully saturated rings. The molecule has 15 heavy (non-hydrogen) atoms. The molecule has 0 N–H and O–H groups in total. The minimum absolute atomic E-state index is 0.732. The molecule has 0 bridgehead atoms. The number of rotatable bonds is 2. The first-order valence-electron chi connectivity index (χ1n) is 4.54. The maximum absolute atomic E-state index is 5.78. The first-order chi connectivity index (χ1) is 7.34. The first-order valence-corrected chi connectivity index (χ1v) is 4.92. The van der Waals surface area contributed by atoms with Crippen molar-refractivity contribution in [1.29, 1.82) is 0 Å². The van der Waals surface area contributed by atoms with E-state index in [1.165, 1.54) is 0 Å². The highest BCUT2D eigenvalue weighted by molar-refractivity contribution is 6.30. The summed E-state index contributed by atoms with van der Waals surface area (Å²) in [5, 5.41) is 0.732. The van der Waals surface area contributed by atoms with Gasteiger partial charge in [0.05, 0.1) is 5.69 Å². The zero-order valence-electron chi connectivity index (χ0n) is 7.97. The third-order valence-electron chi connectivity index (χ3n) is 1.90. The van der Waals surface area contributed by atoms with E-state index >= 15 is 0 Å². The van der Waals surface area contributed by atoms with E-state index in [0.29, 0.717) is 0 Å². The molecule has 0 radical (unpaired) electrons. The molecule has 0 unspecified atom stereocenters. The summed E-state index contributed by atoms with van der Waals surface area (Å²) in [7, 11) is 0. The smallest absolute Gasteiger partial charge is 0.0660 e. The summed E-state index contributed by atoms with van der Waals surface area (Å²) < 4.78 is 0. The standard InChI is InChI=1S/C12H9ClN2/c13-11-3-1-10(2-4-11)9-15-12-5-7-14-8-6-12/h1-9H/b15-9+. The number of aromatic nitrogens is 1. The van der Waals surface area contributed by atoms with Crippen molar-refractivity contribution in [3.05, 3.63) is 59.4 Å². The van der Waals surface area contributed by atoms with Gasteiger partial charge in [-0.3, -0.25) is 9.98 Å². The van der Waals surface area contributed by atoms with Gasteiger partial charge in [0.15, 0.2) is 0 Å². The van der Waals surface area contributed by atoms with Crippen LogP contribution in [-0.2, 0) is 0 Å². The maximum atomic E-state index is 5.78. The summed E-state index contributed by atoms with van der Waals surface area (Å²) in [5.74, 6) is 0. The van der Waals surface area contributed by atoms with Crippen LogP contribution in [0, 0.1) is 0 Å². The van der Waals surface area contributed by atoms with Gasteiger partial charge in [-0.05, 0) is 29.8 Å². The molecule has 0 saturated carbocycles. The zero-order chi connectivity index (χ0) is 10.5. The van der Waals surface area contributed by atoms with Crippen LogP contribution >= 0.6 is 11.6 Å². The Balaban J connectivity index is 2.15. The van der Waals surface area contributed by atoms with Crippen molar-refractivity contribution < 1.29 is 0 Å². The van der Waals surface area contributed by atoms with Gasteiger partial charge in [-0.15, -0.1) is 0 Å². The molecule has 0 amide bonds. The molecule has 0 aliphatic rings. The van der Waals surface area contributed by atoms with Crippen molar-refractivity contribution in [3.8, 4) is 0 Å². The van der Waals surface area contributed by atoms with Crippen LogP contribution in [-0.4, -0.2) is 11.2 Å². The third-order valence-corrected chi connectivity index (χ3v) is 2.15. The van der Waals surface area contributed by atoms with E-state index in [2.05, 4.69) is 9.98 Å². The molecule has 0 saturated heterocycles. The van der Waals surface area contributed by atoms with Gasteiger partial charge in [-0.25, -0.2) is 0 Å². The molecule has 1 aromatic heterocycles. The van der Waals surface area contributed by atoms with E-state index < -0.39 is 0 Å². The fourth-order valence-electron chi connectivity index (χ4n) is 1.13. The molecule has 1 aromatic carbocycles. The van der Waals surface area contributed by atoms with Crippen LogP contribution in [0.2, 0.25) is 5.02 Å². The normalized spacial score (nSPS) is 10.7. The van der Waals surface area contributed by atoms with Crippen LogP contribution in [0.3, 0.4) is 0 Å². The summed E-state index contributed by atoms with van der Waals surface area (Å²) in [4.78, 5) is 8.22. The molecule has 0 aliphatic heterocycles. The lowest BCUT2D eigenvalue weighted by Crippen LogP contribution is -1.78. The SMILES string of the molecule is Clc1ccc(/C=N/c2ccncc2)cc1. The molecule has 0 aliphatic carbocycles. The monoisotopic (exact) mass is 216 g/mol. The van der Waals surface area contributed by atoms with E-state index in [9.17, 15) is 0 Å². The Bertz CT molecular complexity index is 449. The second-order valence-electron chi connectivity index (χ2n) is 3.02. The van der Waals surface area contributed by atoms with Crippen LogP contribution in [0.1, 0.15) is 5.56 Å². The lowest BCUT2D eigenvalue weighted by atomic mass is 10.2. The van der Waals surface area contributed by atoms with Crippen molar-refractivity contribution >= 4 is 23.5 Å². The van der Waals surface area contributed by atoms with Crippen molar-refractivity contribution in [2.75, 3.05) is 0 Å². The first kappa shape index (κ1) is 9.87. The lowest BCUT2D eigenvalue weighted by Gasteiger charge is -1.93. The maximum Gasteiger partial charge on any atom is 0.0660 e. The Labute approximate surface area is 93.3 Å². The van der Waals surface area contributed by atoms with Gasteiger partial charge in [0.1, 0.15) is 0 Å². The zero-order valence-corrected chi connectivity index (χ0v) is 8.72. The Morgan fingerprint density at radius 1 is 1.00 bits per heavy atom. The summed E-state index contributed by atoms with van der Waals surface area (Å²) in [6, 6.07) is 11.2. The number of pyridine rings is 1. The fraction of sp³-hybridized carbons (Fsp3) is 0. The van der Waals surface area contributed by atoms with Gasteiger partial charge < -0.3 is 0 Å². The fourth-order valence-corrected chi connectivity index (χ4v) is 1.25. The Morgan fingerprint density at radius 2 is 1.67 bits per heavy atom. The average Bonchev–Trinajstić information content (AvgIpc) is 2.30. The minimum Gasteiger partial charge on any atom is -0.265 e. The number of benzene rings is 1.